The van der Waals surface area contributed by atoms with Gasteiger partial charge < -0.3 is 16.0 Å². The minimum Gasteiger partial charge on any atom is -0.368 e. The van der Waals surface area contributed by atoms with E-state index in [-0.39, 0.29) is 11.9 Å². The van der Waals surface area contributed by atoms with Crippen molar-refractivity contribution in [3.8, 4) is 10.6 Å². The molecule has 3 N–H and O–H groups in total. The number of hydrogen-bond acceptors (Lipinski definition) is 6. The van der Waals surface area contributed by atoms with E-state index in [1.54, 1.807) is 6.20 Å². The summed E-state index contributed by atoms with van der Waals surface area (Å²) in [6.07, 6.45) is 3.78. The summed E-state index contributed by atoms with van der Waals surface area (Å²) in [5.74, 6) is -0.233. The van der Waals surface area contributed by atoms with Gasteiger partial charge in [0.15, 0.2) is 0 Å². The van der Waals surface area contributed by atoms with Crippen molar-refractivity contribution >= 4 is 52.8 Å². The van der Waals surface area contributed by atoms with E-state index in [1.807, 2.05) is 29.6 Å². The van der Waals surface area contributed by atoms with Crippen LogP contribution in [0.15, 0.2) is 54.0 Å². The number of thiazole rings is 1. The summed E-state index contributed by atoms with van der Waals surface area (Å²) in [4.78, 5) is 24.8. The van der Waals surface area contributed by atoms with E-state index in [0.717, 1.165) is 64.1 Å². The zero-order chi connectivity index (χ0) is 22.9. The number of pyridine rings is 1. The Morgan fingerprint density at radius 1 is 1.24 bits per heavy atom. The van der Waals surface area contributed by atoms with Crippen molar-refractivity contribution in [2.45, 2.75) is 25.8 Å². The minimum atomic E-state index is -0.233. The summed E-state index contributed by atoms with van der Waals surface area (Å²) in [7, 11) is 2.07. The van der Waals surface area contributed by atoms with Crippen molar-refractivity contribution in [1.29, 1.82) is 0 Å². The number of rotatable bonds is 4. The molecule has 1 unspecified atom stereocenters. The Hall–Kier alpha value is -3.23. The first-order valence-corrected chi connectivity index (χ1v) is 12.1. The van der Waals surface area contributed by atoms with Crippen molar-refractivity contribution in [3.63, 3.8) is 0 Å². The number of anilines is 2. The molecule has 1 aliphatic heterocycles. The molecular formula is C25H26BN5OS. The van der Waals surface area contributed by atoms with Gasteiger partial charge in [0.05, 0.1) is 23.1 Å². The van der Waals surface area contributed by atoms with E-state index in [9.17, 15) is 4.79 Å². The SMILES string of the molecule is Bc1cccc(C)c1-c1nc(C(=O)Nc2cnc3ccccc3c2N2CCCC(N)C2)cs1. The van der Waals surface area contributed by atoms with Crippen molar-refractivity contribution in [3.05, 3.63) is 65.3 Å². The number of benzene rings is 2. The lowest BCUT2D eigenvalue weighted by molar-refractivity contribution is 0.102. The first-order valence-electron chi connectivity index (χ1n) is 11.2. The third-order valence-electron chi connectivity index (χ3n) is 6.20. The zero-order valence-corrected chi connectivity index (χ0v) is 19.7. The number of nitrogens with one attached hydrogen (secondary N) is 1. The Labute approximate surface area is 198 Å². The normalized spacial score (nSPS) is 16.2. The molecule has 0 bridgehead atoms. The van der Waals surface area contributed by atoms with Gasteiger partial charge in [-0.2, -0.15) is 0 Å². The number of piperidine rings is 1. The third kappa shape index (κ3) is 4.24. The number of fused-ring (bicyclic) bond motifs is 1. The maximum absolute atomic E-state index is 13.2. The Balaban J connectivity index is 1.49. The van der Waals surface area contributed by atoms with Crippen LogP contribution in [-0.2, 0) is 0 Å². The number of para-hydroxylation sites is 1. The molecule has 1 fully saturated rings. The predicted octanol–water partition coefficient (Wildman–Crippen LogP) is 3.10. The monoisotopic (exact) mass is 455 g/mol. The van der Waals surface area contributed by atoms with Crippen molar-refractivity contribution in [2.24, 2.45) is 5.73 Å². The molecule has 166 valence electrons. The predicted molar refractivity (Wildman–Crippen MR) is 140 cm³/mol. The third-order valence-corrected chi connectivity index (χ3v) is 7.06. The fourth-order valence-electron chi connectivity index (χ4n) is 4.60. The Bertz CT molecular complexity index is 1320. The average Bonchev–Trinajstić information content (AvgIpc) is 3.29. The summed E-state index contributed by atoms with van der Waals surface area (Å²) in [6.45, 7) is 3.72. The first-order chi connectivity index (χ1) is 16.0. The molecule has 8 heteroatoms. The maximum Gasteiger partial charge on any atom is 0.275 e. The number of nitrogens with two attached hydrogens (primary N) is 1. The molecule has 2 aromatic carbocycles. The number of hydrogen-bond donors (Lipinski definition) is 2. The van der Waals surface area contributed by atoms with Crippen molar-refractivity contribution in [2.75, 3.05) is 23.3 Å². The minimum absolute atomic E-state index is 0.118. The molecule has 1 aliphatic rings. The number of nitrogens with zero attached hydrogens (tertiary/aromatic N) is 3. The molecule has 4 aromatic rings. The lowest BCUT2D eigenvalue weighted by Crippen LogP contribution is -2.43. The van der Waals surface area contributed by atoms with Gasteiger partial charge in [-0.3, -0.25) is 9.78 Å². The molecule has 1 amide bonds. The van der Waals surface area contributed by atoms with E-state index in [0.29, 0.717) is 11.4 Å². The van der Waals surface area contributed by atoms with E-state index < -0.39 is 0 Å². The number of carbonyl (C=O) groups is 1. The Morgan fingerprint density at radius 2 is 2.09 bits per heavy atom. The molecule has 0 aliphatic carbocycles. The van der Waals surface area contributed by atoms with Gasteiger partial charge in [0.25, 0.3) is 5.91 Å². The van der Waals surface area contributed by atoms with Gasteiger partial charge in [0.1, 0.15) is 18.5 Å². The number of aromatic nitrogens is 2. The van der Waals surface area contributed by atoms with E-state index in [2.05, 4.69) is 53.2 Å². The van der Waals surface area contributed by atoms with Crippen LogP contribution in [0.25, 0.3) is 21.5 Å². The molecule has 3 heterocycles. The molecule has 0 spiro atoms. The van der Waals surface area contributed by atoms with Crippen LogP contribution in [0.1, 0.15) is 28.9 Å². The van der Waals surface area contributed by atoms with E-state index >= 15 is 0 Å². The highest BCUT2D eigenvalue weighted by molar-refractivity contribution is 7.13. The highest BCUT2D eigenvalue weighted by atomic mass is 32.1. The molecule has 2 aromatic heterocycles. The molecular weight excluding hydrogens is 429 g/mol. The lowest BCUT2D eigenvalue weighted by Gasteiger charge is -2.34. The topological polar surface area (TPSA) is 84.1 Å². The Morgan fingerprint density at radius 3 is 2.91 bits per heavy atom. The summed E-state index contributed by atoms with van der Waals surface area (Å²) in [5, 5.41) is 6.78. The second-order valence-corrected chi connectivity index (χ2v) is 9.50. The number of aryl methyl sites for hydroxylation is 1. The standard InChI is InChI=1S/C25H26BN5OS/c1-15-6-4-9-18(26)22(15)25-30-21(14-33-25)24(32)29-20-12-28-19-10-3-2-8-17(19)23(20)31-11-5-7-16(27)13-31/h2-4,6,8-10,12,14,16H,5,7,11,13,26-27H2,1H3,(H,29,32). The van der Waals surface area contributed by atoms with Crippen LogP contribution < -0.4 is 21.4 Å². The lowest BCUT2D eigenvalue weighted by atomic mass is 9.88. The largest absolute Gasteiger partial charge is 0.368 e. The maximum atomic E-state index is 13.2. The van der Waals surface area contributed by atoms with Crippen LogP contribution in [-0.4, -0.2) is 42.9 Å². The number of amides is 1. The summed E-state index contributed by atoms with van der Waals surface area (Å²) < 4.78 is 0. The quantitative estimate of drug-likeness (QED) is 0.462. The van der Waals surface area contributed by atoms with Gasteiger partial charge in [0.2, 0.25) is 0 Å². The van der Waals surface area contributed by atoms with Crippen LogP contribution in [0.5, 0.6) is 0 Å². The fraction of sp³-hybridized carbons (Fsp3) is 0.240. The second-order valence-electron chi connectivity index (χ2n) is 8.64. The molecule has 1 atom stereocenters. The molecule has 0 radical (unpaired) electrons. The molecule has 0 saturated carbocycles. The van der Waals surface area contributed by atoms with Crippen LogP contribution >= 0.6 is 11.3 Å². The molecule has 1 saturated heterocycles. The van der Waals surface area contributed by atoms with E-state index in [4.69, 9.17) is 5.73 Å². The second kappa shape index (κ2) is 8.96. The van der Waals surface area contributed by atoms with Crippen LogP contribution in [0, 0.1) is 6.92 Å². The van der Waals surface area contributed by atoms with Crippen LogP contribution in [0.4, 0.5) is 11.4 Å². The van der Waals surface area contributed by atoms with Gasteiger partial charge in [0, 0.05) is 35.5 Å². The molecule has 5 rings (SSSR count). The Kier molecular flexibility index (Phi) is 5.87. The van der Waals surface area contributed by atoms with Gasteiger partial charge in [-0.05, 0) is 31.4 Å². The molecule has 6 nitrogen and oxygen atoms in total. The van der Waals surface area contributed by atoms with Crippen molar-refractivity contribution < 1.29 is 4.79 Å². The summed E-state index contributed by atoms with van der Waals surface area (Å²) in [6, 6.07) is 14.3. The summed E-state index contributed by atoms with van der Waals surface area (Å²) in [5.41, 5.74) is 12.7. The average molecular weight is 455 g/mol. The molecule has 33 heavy (non-hydrogen) atoms. The van der Waals surface area contributed by atoms with Gasteiger partial charge in [-0.1, -0.05) is 41.9 Å². The number of carbonyl (C=O) groups excluding carboxylic acids is 1. The zero-order valence-electron chi connectivity index (χ0n) is 18.8. The van der Waals surface area contributed by atoms with Crippen molar-refractivity contribution in [1.82, 2.24) is 9.97 Å². The van der Waals surface area contributed by atoms with Crippen LogP contribution in [0.3, 0.4) is 0 Å². The summed E-state index contributed by atoms with van der Waals surface area (Å²) >= 11 is 1.49. The van der Waals surface area contributed by atoms with Gasteiger partial charge in [-0.25, -0.2) is 4.98 Å². The van der Waals surface area contributed by atoms with Crippen LogP contribution in [0.2, 0.25) is 0 Å². The smallest absolute Gasteiger partial charge is 0.275 e. The van der Waals surface area contributed by atoms with E-state index in [1.165, 1.54) is 11.3 Å². The van der Waals surface area contributed by atoms with Gasteiger partial charge in [-0.15, -0.1) is 11.3 Å². The first kappa shape index (κ1) is 21.6. The highest BCUT2D eigenvalue weighted by Crippen LogP contribution is 2.35. The highest BCUT2D eigenvalue weighted by Gasteiger charge is 2.23. The van der Waals surface area contributed by atoms with Gasteiger partial charge >= 0.3 is 0 Å². The fourth-order valence-corrected chi connectivity index (χ4v) is 5.58.